The number of benzene rings is 2. The van der Waals surface area contributed by atoms with Gasteiger partial charge in [0.05, 0.1) is 45.8 Å². The van der Waals surface area contributed by atoms with E-state index in [4.69, 9.17) is 15.2 Å². The zero-order valence-electron chi connectivity index (χ0n) is 26.1. The second kappa shape index (κ2) is 13.7. The number of nitrogen functional groups attached to an aromatic ring is 1. The van der Waals surface area contributed by atoms with Crippen molar-refractivity contribution in [2.24, 2.45) is 5.41 Å². The van der Waals surface area contributed by atoms with Crippen molar-refractivity contribution in [1.82, 2.24) is 14.9 Å². The molecule has 2 aromatic carbocycles. The van der Waals surface area contributed by atoms with Gasteiger partial charge in [-0.15, -0.1) is 0 Å². The molecule has 2 aromatic rings. The third-order valence-corrected chi connectivity index (χ3v) is 8.34. The topological polar surface area (TPSA) is 118 Å². The van der Waals surface area contributed by atoms with Gasteiger partial charge in [-0.3, -0.25) is 9.59 Å². The van der Waals surface area contributed by atoms with Gasteiger partial charge in [-0.25, -0.2) is 4.72 Å². The highest BCUT2D eigenvalue weighted by atomic mass is 32.2. The van der Waals surface area contributed by atoms with Gasteiger partial charge in [0.25, 0.3) is 5.24 Å². The van der Waals surface area contributed by atoms with E-state index in [0.29, 0.717) is 35.8 Å². The number of carbonyl (C=O) groups excluding carboxylic acids is 2. The molecule has 9 nitrogen and oxygen atoms in total. The standard InChI is InChI=1S/C32H40F3N5O4S/c1-20-18-43-27(25-14-6-7-15-37-25)40(20)17-21-10-8-13-24(36)26(21)38-29(42)45-39-31(5,19-44-28(41)30(2,3)4)22-11-9-12-23(16-22)32(33,34)35/h8-13,16,18,37,39H,6-7,14-15,17,19,36H2,1-5H3,(H,38,42)/b27-25-. The fourth-order valence-electron chi connectivity index (χ4n) is 4.79. The van der Waals surface area contributed by atoms with Crippen LogP contribution in [-0.2, 0) is 32.5 Å². The Morgan fingerprint density at radius 1 is 1.09 bits per heavy atom. The van der Waals surface area contributed by atoms with Crippen LogP contribution in [0.4, 0.5) is 29.3 Å². The minimum Gasteiger partial charge on any atom is -0.463 e. The molecule has 0 spiro atoms. The van der Waals surface area contributed by atoms with Crippen LogP contribution < -0.4 is 21.1 Å². The molecule has 2 heterocycles. The Labute approximate surface area is 265 Å². The van der Waals surface area contributed by atoms with E-state index in [0.717, 1.165) is 54.9 Å². The lowest BCUT2D eigenvalue weighted by Crippen LogP contribution is -2.43. The smallest absolute Gasteiger partial charge is 0.416 e. The molecule has 0 aromatic heterocycles. The largest absolute Gasteiger partial charge is 0.463 e. The molecule has 1 fully saturated rings. The number of alkyl halides is 3. The van der Waals surface area contributed by atoms with Gasteiger partial charge in [-0.05, 0) is 83.2 Å². The second-order valence-electron chi connectivity index (χ2n) is 12.4. The summed E-state index contributed by atoms with van der Waals surface area (Å²) in [7, 11) is 0. The van der Waals surface area contributed by atoms with Gasteiger partial charge in [-0.2, -0.15) is 13.2 Å². The van der Waals surface area contributed by atoms with Crippen LogP contribution >= 0.6 is 11.9 Å². The molecule has 1 atom stereocenters. The summed E-state index contributed by atoms with van der Waals surface area (Å²) in [5, 5.41) is 5.69. The number of hydrogen-bond acceptors (Lipinski definition) is 9. The van der Waals surface area contributed by atoms with E-state index in [9.17, 15) is 22.8 Å². The number of halogens is 3. The number of hydrogen-bond donors (Lipinski definition) is 4. The van der Waals surface area contributed by atoms with Crippen LogP contribution in [0.1, 0.15) is 70.6 Å². The van der Waals surface area contributed by atoms with E-state index < -0.39 is 33.9 Å². The summed E-state index contributed by atoms with van der Waals surface area (Å²) in [6.45, 7) is 9.43. The summed E-state index contributed by atoms with van der Waals surface area (Å²) in [5.74, 6) is 0.177. The molecular formula is C32H40F3N5O4S. The molecule has 0 saturated carbocycles. The molecule has 45 heavy (non-hydrogen) atoms. The average molecular weight is 648 g/mol. The lowest BCUT2D eigenvalue weighted by Gasteiger charge is -2.32. The molecule has 2 aliphatic rings. The van der Waals surface area contributed by atoms with Gasteiger partial charge < -0.3 is 30.7 Å². The monoisotopic (exact) mass is 647 g/mol. The number of carbonyl (C=O) groups is 2. The second-order valence-corrected chi connectivity index (χ2v) is 13.1. The fraction of sp³-hybridized carbons (Fsp3) is 0.438. The minimum atomic E-state index is -4.58. The summed E-state index contributed by atoms with van der Waals surface area (Å²) in [6.07, 6.45) is 0.115. The van der Waals surface area contributed by atoms with Crippen LogP contribution in [0.5, 0.6) is 0 Å². The highest BCUT2D eigenvalue weighted by Crippen LogP contribution is 2.35. The number of ether oxygens (including phenoxy) is 2. The Kier molecular flexibility index (Phi) is 10.3. The van der Waals surface area contributed by atoms with Crippen molar-refractivity contribution in [3.05, 3.63) is 82.7 Å². The maximum atomic E-state index is 13.6. The molecule has 0 aliphatic carbocycles. The van der Waals surface area contributed by atoms with Crippen molar-refractivity contribution in [1.29, 1.82) is 0 Å². The Morgan fingerprint density at radius 3 is 2.47 bits per heavy atom. The first-order valence-electron chi connectivity index (χ1n) is 14.6. The van der Waals surface area contributed by atoms with Gasteiger partial charge in [0, 0.05) is 18.5 Å². The van der Waals surface area contributed by atoms with Crippen molar-refractivity contribution in [2.75, 3.05) is 24.2 Å². The van der Waals surface area contributed by atoms with Crippen molar-refractivity contribution >= 4 is 34.5 Å². The maximum absolute atomic E-state index is 13.6. The van der Waals surface area contributed by atoms with Gasteiger partial charge in [0.1, 0.15) is 12.9 Å². The van der Waals surface area contributed by atoms with E-state index >= 15 is 0 Å². The predicted molar refractivity (Wildman–Crippen MR) is 169 cm³/mol. The first kappa shape index (κ1) is 34.0. The predicted octanol–water partition coefficient (Wildman–Crippen LogP) is 7.20. The maximum Gasteiger partial charge on any atom is 0.416 e. The Bertz CT molecular complexity index is 1480. The number of rotatable bonds is 8. The van der Waals surface area contributed by atoms with E-state index in [1.165, 1.54) is 12.1 Å². The molecule has 2 aliphatic heterocycles. The number of esters is 1. The molecule has 0 radical (unpaired) electrons. The molecule has 5 N–H and O–H groups in total. The number of anilines is 2. The quantitative estimate of drug-likeness (QED) is 0.134. The molecule has 1 saturated heterocycles. The summed E-state index contributed by atoms with van der Waals surface area (Å²) in [5.41, 5.74) is 6.82. The number of amides is 1. The molecular weight excluding hydrogens is 607 g/mol. The number of nitrogens with one attached hydrogen (secondary N) is 3. The SMILES string of the molecule is CC1=CO/C(=C2/CCCCN2)N1Cc1cccc(N)c1NC(=O)SNC(C)(COC(=O)C(C)(C)C)c1cccc(C(F)(F)F)c1. The summed E-state index contributed by atoms with van der Waals surface area (Å²) in [6, 6.07) is 10.0. The highest BCUT2D eigenvalue weighted by molar-refractivity contribution is 8.12. The van der Waals surface area contributed by atoms with Crippen LogP contribution in [0.3, 0.4) is 0 Å². The van der Waals surface area contributed by atoms with Crippen LogP contribution in [0.25, 0.3) is 0 Å². The minimum absolute atomic E-state index is 0.187. The molecule has 1 amide bonds. The zero-order chi connectivity index (χ0) is 33.0. The summed E-state index contributed by atoms with van der Waals surface area (Å²) < 4.78 is 55.0. The normalized spacial score (nSPS) is 18.4. The molecule has 244 valence electrons. The van der Waals surface area contributed by atoms with Gasteiger partial charge in [0.15, 0.2) is 0 Å². The van der Waals surface area contributed by atoms with Crippen LogP contribution in [0, 0.1) is 5.41 Å². The van der Waals surface area contributed by atoms with Crippen molar-refractivity contribution in [3.8, 4) is 0 Å². The number of piperidine rings is 1. The average Bonchev–Trinajstić information content (AvgIpc) is 3.35. The Balaban J connectivity index is 1.54. The van der Waals surface area contributed by atoms with Crippen molar-refractivity contribution < 1.29 is 32.2 Å². The van der Waals surface area contributed by atoms with Crippen molar-refractivity contribution in [2.45, 2.75) is 72.1 Å². The molecule has 0 bridgehead atoms. The lowest BCUT2D eigenvalue weighted by atomic mass is 9.92. The zero-order valence-corrected chi connectivity index (χ0v) is 26.9. The number of nitrogens with zero attached hydrogens (tertiary/aromatic N) is 1. The lowest BCUT2D eigenvalue weighted by molar-refractivity contribution is -0.155. The first-order chi connectivity index (χ1) is 21.1. The summed E-state index contributed by atoms with van der Waals surface area (Å²) >= 11 is 0.632. The third kappa shape index (κ3) is 8.46. The molecule has 4 rings (SSSR count). The van der Waals surface area contributed by atoms with Crippen LogP contribution in [0.2, 0.25) is 0 Å². The number of allylic oxidation sites excluding steroid dienone is 2. The Morgan fingerprint density at radius 2 is 1.80 bits per heavy atom. The summed E-state index contributed by atoms with van der Waals surface area (Å²) in [4.78, 5) is 27.9. The van der Waals surface area contributed by atoms with E-state index in [1.807, 2.05) is 17.9 Å². The van der Waals surface area contributed by atoms with Gasteiger partial charge in [0.2, 0.25) is 5.88 Å². The van der Waals surface area contributed by atoms with E-state index in [1.54, 1.807) is 46.1 Å². The van der Waals surface area contributed by atoms with E-state index in [2.05, 4.69) is 15.4 Å². The fourth-order valence-corrected chi connectivity index (χ4v) is 5.44. The Hall–Kier alpha value is -3.84. The van der Waals surface area contributed by atoms with Crippen LogP contribution in [0.15, 0.2) is 66.0 Å². The van der Waals surface area contributed by atoms with Gasteiger partial charge in [-0.1, -0.05) is 24.3 Å². The van der Waals surface area contributed by atoms with Crippen LogP contribution in [-0.4, -0.2) is 29.3 Å². The molecule has 13 heteroatoms. The van der Waals surface area contributed by atoms with Gasteiger partial charge >= 0.3 is 12.1 Å². The third-order valence-electron chi connectivity index (χ3n) is 7.50. The van der Waals surface area contributed by atoms with Crippen molar-refractivity contribution in [3.63, 3.8) is 0 Å². The molecule has 1 unspecified atom stereocenters. The number of nitrogens with two attached hydrogens (primary N) is 1. The van der Waals surface area contributed by atoms with E-state index in [-0.39, 0.29) is 12.2 Å². The first-order valence-corrected chi connectivity index (χ1v) is 15.5. The number of para-hydroxylation sites is 1. The highest BCUT2D eigenvalue weighted by Gasteiger charge is 2.36.